The maximum absolute atomic E-state index is 10.4. The van der Waals surface area contributed by atoms with Crippen molar-refractivity contribution in [1.82, 2.24) is 0 Å². The maximum atomic E-state index is 10.4. The molecule has 4 N–H and O–H groups in total. The molecule has 8 heteroatoms. The van der Waals surface area contributed by atoms with Gasteiger partial charge in [-0.25, -0.2) is 0 Å². The fourth-order valence-electron chi connectivity index (χ4n) is 1.42. The summed E-state index contributed by atoms with van der Waals surface area (Å²) in [5.74, 6) is -0.363. The first-order valence-electron chi connectivity index (χ1n) is 8.05. The Morgan fingerprint density at radius 2 is 1.09 bits per heavy atom. The molecule has 0 bridgehead atoms. The van der Waals surface area contributed by atoms with Crippen LogP contribution in [0.4, 0.5) is 0 Å². The fourth-order valence-corrected chi connectivity index (χ4v) is 1.42. The summed E-state index contributed by atoms with van der Waals surface area (Å²) in [6, 6.07) is 0.174. The lowest BCUT2D eigenvalue weighted by atomic mass is 10.3. The van der Waals surface area contributed by atoms with Crippen molar-refractivity contribution in [2.45, 2.75) is 25.8 Å². The van der Waals surface area contributed by atoms with Gasteiger partial charge in [-0.1, -0.05) is 0 Å². The molecule has 138 valence electrons. The highest BCUT2D eigenvalue weighted by Gasteiger charge is 1.96. The van der Waals surface area contributed by atoms with Crippen molar-refractivity contribution in [3.63, 3.8) is 0 Å². The van der Waals surface area contributed by atoms with Crippen molar-refractivity contribution >= 4 is 5.91 Å². The molecule has 0 radical (unpaired) electrons. The van der Waals surface area contributed by atoms with Gasteiger partial charge < -0.3 is 35.2 Å². The Morgan fingerprint density at radius 1 is 0.739 bits per heavy atom. The van der Waals surface area contributed by atoms with Crippen LogP contribution in [-0.4, -0.2) is 78.0 Å². The minimum absolute atomic E-state index is 0.174. The zero-order valence-electron chi connectivity index (χ0n) is 14.2. The third-order valence-electron chi connectivity index (χ3n) is 2.70. The predicted octanol–water partition coefficient (Wildman–Crippen LogP) is -0.318. The van der Waals surface area contributed by atoms with Gasteiger partial charge in [0.25, 0.3) is 0 Å². The zero-order valence-corrected chi connectivity index (χ0v) is 14.2. The van der Waals surface area contributed by atoms with Crippen LogP contribution >= 0.6 is 0 Å². The van der Waals surface area contributed by atoms with Crippen LogP contribution in [0.5, 0.6) is 0 Å². The van der Waals surface area contributed by atoms with E-state index in [0.29, 0.717) is 66.1 Å². The second-order valence-electron chi connectivity index (χ2n) is 5.04. The third-order valence-corrected chi connectivity index (χ3v) is 2.70. The van der Waals surface area contributed by atoms with Crippen LogP contribution in [0.25, 0.3) is 0 Å². The third kappa shape index (κ3) is 21.2. The number of hydrogen-bond acceptors (Lipinski definition) is 7. The molecule has 0 aromatic rings. The summed E-state index contributed by atoms with van der Waals surface area (Å²) in [6.07, 6.45) is 1.10. The van der Waals surface area contributed by atoms with E-state index in [1.165, 1.54) is 0 Å². The molecule has 0 rings (SSSR count). The molecule has 8 nitrogen and oxygen atoms in total. The van der Waals surface area contributed by atoms with E-state index in [9.17, 15) is 4.79 Å². The van der Waals surface area contributed by atoms with E-state index in [2.05, 4.69) is 0 Å². The Balaban J connectivity index is 2.99. The number of ether oxygens (including phenoxy) is 5. The van der Waals surface area contributed by atoms with Gasteiger partial charge in [-0.3, -0.25) is 4.79 Å². The second-order valence-corrected chi connectivity index (χ2v) is 5.04. The summed E-state index contributed by atoms with van der Waals surface area (Å²) in [5, 5.41) is 0. The van der Waals surface area contributed by atoms with Crippen LogP contribution in [0, 0.1) is 0 Å². The molecule has 1 atom stereocenters. The summed E-state index contributed by atoms with van der Waals surface area (Å²) in [5.41, 5.74) is 10.6. The van der Waals surface area contributed by atoms with E-state index in [1.807, 2.05) is 6.92 Å². The van der Waals surface area contributed by atoms with E-state index >= 15 is 0 Å². The molecule has 0 heterocycles. The van der Waals surface area contributed by atoms with E-state index in [1.54, 1.807) is 0 Å². The molecular formula is C15H32N2O6. The first kappa shape index (κ1) is 22.2. The zero-order chi connectivity index (χ0) is 17.2. The van der Waals surface area contributed by atoms with Crippen LogP contribution in [0.2, 0.25) is 0 Å². The van der Waals surface area contributed by atoms with Crippen LogP contribution in [0.3, 0.4) is 0 Å². The molecule has 1 unspecified atom stereocenters. The Bertz CT molecular complexity index is 266. The van der Waals surface area contributed by atoms with Gasteiger partial charge in [0.15, 0.2) is 0 Å². The fraction of sp³-hybridized carbons (Fsp3) is 0.933. The summed E-state index contributed by atoms with van der Waals surface area (Å²) >= 11 is 0. The second kappa shape index (κ2) is 17.6. The van der Waals surface area contributed by atoms with Gasteiger partial charge in [0.05, 0.1) is 59.5 Å². The normalized spacial score (nSPS) is 12.4. The minimum atomic E-state index is -0.363. The topological polar surface area (TPSA) is 115 Å². The van der Waals surface area contributed by atoms with Crippen molar-refractivity contribution in [2.75, 3.05) is 66.1 Å². The SMILES string of the molecule is CC(N)CCOCCOCCOCCOCCOCCC(N)=O. The summed E-state index contributed by atoms with van der Waals surface area (Å²) in [6.45, 7) is 7.07. The first-order chi connectivity index (χ1) is 11.1. The van der Waals surface area contributed by atoms with Gasteiger partial charge in [0.1, 0.15) is 0 Å². The highest BCUT2D eigenvalue weighted by Crippen LogP contribution is 1.88. The molecule has 0 aromatic heterocycles. The van der Waals surface area contributed by atoms with Crippen molar-refractivity contribution in [2.24, 2.45) is 11.5 Å². The number of primary amides is 1. The lowest BCUT2D eigenvalue weighted by molar-refractivity contribution is -0.119. The summed E-state index contributed by atoms with van der Waals surface area (Å²) < 4.78 is 26.5. The predicted molar refractivity (Wildman–Crippen MR) is 86.2 cm³/mol. The molecule has 0 fully saturated rings. The van der Waals surface area contributed by atoms with Gasteiger partial charge in [-0.05, 0) is 13.3 Å². The molecule has 0 saturated heterocycles. The van der Waals surface area contributed by atoms with Gasteiger partial charge >= 0.3 is 0 Å². The number of rotatable bonds is 18. The Morgan fingerprint density at radius 3 is 1.43 bits per heavy atom. The van der Waals surface area contributed by atoms with Crippen molar-refractivity contribution in [1.29, 1.82) is 0 Å². The molecule has 0 aliphatic carbocycles. The average molecular weight is 336 g/mol. The van der Waals surface area contributed by atoms with Crippen LogP contribution in [-0.2, 0) is 28.5 Å². The number of nitrogens with two attached hydrogens (primary N) is 2. The van der Waals surface area contributed by atoms with E-state index in [0.717, 1.165) is 6.42 Å². The summed E-state index contributed by atoms with van der Waals surface area (Å²) in [7, 11) is 0. The molecular weight excluding hydrogens is 304 g/mol. The first-order valence-corrected chi connectivity index (χ1v) is 8.05. The van der Waals surface area contributed by atoms with Gasteiger partial charge in [-0.15, -0.1) is 0 Å². The molecule has 0 spiro atoms. The Hall–Kier alpha value is -0.770. The van der Waals surface area contributed by atoms with E-state index in [-0.39, 0.29) is 18.4 Å². The quantitative estimate of drug-likeness (QED) is 0.330. The van der Waals surface area contributed by atoms with Crippen molar-refractivity contribution < 1.29 is 28.5 Å². The molecule has 0 aliphatic rings. The molecule has 1 amide bonds. The largest absolute Gasteiger partial charge is 0.379 e. The Kier molecular flexibility index (Phi) is 17.0. The Labute approximate surface area is 138 Å². The van der Waals surface area contributed by atoms with E-state index in [4.69, 9.17) is 35.2 Å². The highest BCUT2D eigenvalue weighted by atomic mass is 16.6. The molecule has 0 saturated carbocycles. The van der Waals surface area contributed by atoms with Gasteiger partial charge in [0, 0.05) is 19.1 Å². The standard InChI is InChI=1S/C15H32N2O6/c1-14(16)2-4-19-6-8-21-10-12-23-13-11-22-9-7-20-5-3-15(17)18/h14H,2-13,16H2,1H3,(H2,17,18). The number of carbonyl (C=O) groups excluding carboxylic acids is 1. The maximum Gasteiger partial charge on any atom is 0.219 e. The van der Waals surface area contributed by atoms with E-state index < -0.39 is 0 Å². The van der Waals surface area contributed by atoms with Crippen LogP contribution in [0.15, 0.2) is 0 Å². The molecule has 23 heavy (non-hydrogen) atoms. The lowest BCUT2D eigenvalue weighted by Gasteiger charge is -2.08. The number of carbonyl (C=O) groups is 1. The molecule has 0 aliphatic heterocycles. The lowest BCUT2D eigenvalue weighted by Crippen LogP contribution is -2.18. The smallest absolute Gasteiger partial charge is 0.219 e. The highest BCUT2D eigenvalue weighted by molar-refractivity contribution is 5.73. The monoisotopic (exact) mass is 336 g/mol. The number of amides is 1. The van der Waals surface area contributed by atoms with Gasteiger partial charge in [-0.2, -0.15) is 0 Å². The number of hydrogen-bond donors (Lipinski definition) is 2. The van der Waals surface area contributed by atoms with Crippen LogP contribution in [0.1, 0.15) is 19.8 Å². The van der Waals surface area contributed by atoms with Crippen LogP contribution < -0.4 is 11.5 Å². The van der Waals surface area contributed by atoms with Crippen molar-refractivity contribution in [3.05, 3.63) is 0 Å². The molecule has 0 aromatic carbocycles. The van der Waals surface area contributed by atoms with Gasteiger partial charge in [0.2, 0.25) is 5.91 Å². The average Bonchev–Trinajstić information content (AvgIpc) is 2.49. The summed E-state index contributed by atoms with van der Waals surface area (Å²) in [4.78, 5) is 10.4. The van der Waals surface area contributed by atoms with Crippen molar-refractivity contribution in [3.8, 4) is 0 Å². The minimum Gasteiger partial charge on any atom is -0.379 e.